The van der Waals surface area contributed by atoms with E-state index in [0.29, 0.717) is 17.5 Å². The molecule has 0 aromatic heterocycles. The molecule has 3 nitrogen and oxygen atoms in total. The molecule has 0 amide bonds. The summed E-state index contributed by atoms with van der Waals surface area (Å²) in [6, 6.07) is 25.8. The number of hydrogen-bond acceptors (Lipinski definition) is 3. The predicted octanol–water partition coefficient (Wildman–Crippen LogP) is 4.93. The summed E-state index contributed by atoms with van der Waals surface area (Å²) in [5.41, 5.74) is 1.07. The molecule has 0 radical (unpaired) electrons. The molecular formula is C24H20O3. The van der Waals surface area contributed by atoms with Crippen LogP contribution in [0.4, 0.5) is 0 Å². The zero-order valence-corrected chi connectivity index (χ0v) is 15.1. The molecule has 0 N–H and O–H groups in total. The second-order valence-corrected chi connectivity index (χ2v) is 6.89. The summed E-state index contributed by atoms with van der Waals surface area (Å²) in [7, 11) is 1.61. The van der Waals surface area contributed by atoms with Crippen LogP contribution >= 0.6 is 0 Å². The van der Waals surface area contributed by atoms with Crippen molar-refractivity contribution in [2.45, 2.75) is 12.3 Å². The van der Waals surface area contributed by atoms with Crippen LogP contribution in [-0.2, 0) is 0 Å². The number of methoxy groups -OCH3 is 1. The lowest BCUT2D eigenvalue weighted by atomic mass is 9.83. The third kappa shape index (κ3) is 2.95. The summed E-state index contributed by atoms with van der Waals surface area (Å²) in [4.78, 5) is 26.9. The van der Waals surface area contributed by atoms with E-state index in [1.165, 1.54) is 0 Å². The lowest BCUT2D eigenvalue weighted by Crippen LogP contribution is -2.28. The van der Waals surface area contributed by atoms with Gasteiger partial charge in [-0.1, -0.05) is 72.8 Å². The molecular weight excluding hydrogens is 336 g/mol. The van der Waals surface area contributed by atoms with Crippen LogP contribution in [-0.4, -0.2) is 18.7 Å². The standard InChI is InChI=1S/C24H20O3/c1-27-20-14-8-13-19(15-20)21-16-24(21,22(25)17-9-4-2-5-10-17)23(26)18-11-6-3-7-12-18/h2-15,21H,16H2,1H3. The molecule has 0 saturated heterocycles. The number of Topliss-reactive ketones (excluding diaryl/α,β-unsaturated/α-hetero) is 2. The lowest BCUT2D eigenvalue weighted by molar-refractivity contribution is 0.0776. The van der Waals surface area contributed by atoms with Gasteiger partial charge in [0, 0.05) is 17.0 Å². The van der Waals surface area contributed by atoms with Gasteiger partial charge in [-0.3, -0.25) is 9.59 Å². The number of carbonyl (C=O) groups excluding carboxylic acids is 2. The van der Waals surface area contributed by atoms with Gasteiger partial charge in [0.1, 0.15) is 11.2 Å². The van der Waals surface area contributed by atoms with E-state index in [1.807, 2.05) is 60.7 Å². The number of carbonyl (C=O) groups is 2. The summed E-state index contributed by atoms with van der Waals surface area (Å²) in [6.07, 6.45) is 0.515. The van der Waals surface area contributed by atoms with Crippen molar-refractivity contribution >= 4 is 11.6 Å². The van der Waals surface area contributed by atoms with Gasteiger partial charge in [-0.25, -0.2) is 0 Å². The maximum Gasteiger partial charge on any atom is 0.177 e. The first kappa shape index (κ1) is 17.2. The molecule has 0 spiro atoms. The molecule has 1 unspecified atom stereocenters. The average molecular weight is 356 g/mol. The molecule has 3 aromatic rings. The molecule has 0 bridgehead atoms. The van der Waals surface area contributed by atoms with Crippen molar-refractivity contribution in [3.63, 3.8) is 0 Å². The summed E-state index contributed by atoms with van der Waals surface area (Å²) >= 11 is 0. The Kier molecular flexibility index (Phi) is 4.36. The molecule has 1 atom stereocenters. The minimum Gasteiger partial charge on any atom is -0.497 e. The van der Waals surface area contributed by atoms with Crippen LogP contribution in [0, 0.1) is 5.41 Å². The molecule has 3 heteroatoms. The maximum atomic E-state index is 13.4. The SMILES string of the molecule is COc1cccc(C2CC2(C(=O)c2ccccc2)C(=O)c2ccccc2)c1. The second-order valence-electron chi connectivity index (χ2n) is 6.89. The van der Waals surface area contributed by atoms with Crippen LogP contribution in [0.5, 0.6) is 5.75 Å². The topological polar surface area (TPSA) is 43.4 Å². The quantitative estimate of drug-likeness (QED) is 0.464. The molecule has 1 saturated carbocycles. The van der Waals surface area contributed by atoms with Gasteiger partial charge < -0.3 is 4.74 Å². The van der Waals surface area contributed by atoms with Crippen molar-refractivity contribution in [2.24, 2.45) is 5.41 Å². The Morgan fingerprint density at radius 2 is 1.37 bits per heavy atom. The van der Waals surface area contributed by atoms with Crippen molar-refractivity contribution < 1.29 is 14.3 Å². The molecule has 1 aliphatic rings. The van der Waals surface area contributed by atoms with Crippen molar-refractivity contribution in [2.75, 3.05) is 7.11 Å². The van der Waals surface area contributed by atoms with E-state index in [4.69, 9.17) is 4.74 Å². The van der Waals surface area contributed by atoms with Crippen molar-refractivity contribution in [1.29, 1.82) is 0 Å². The number of benzene rings is 3. The van der Waals surface area contributed by atoms with Gasteiger partial charge in [0.25, 0.3) is 0 Å². The van der Waals surface area contributed by atoms with E-state index < -0.39 is 5.41 Å². The normalized spacial score (nSPS) is 17.1. The molecule has 3 aromatic carbocycles. The van der Waals surface area contributed by atoms with Crippen molar-refractivity contribution in [3.8, 4) is 5.75 Å². The Morgan fingerprint density at radius 3 is 1.89 bits per heavy atom. The first-order valence-electron chi connectivity index (χ1n) is 9.00. The Balaban J connectivity index is 1.78. The summed E-state index contributed by atoms with van der Waals surface area (Å²) in [5.74, 6) is 0.371. The zero-order chi connectivity index (χ0) is 18.9. The minimum absolute atomic E-state index is 0.107. The Hall–Kier alpha value is -3.20. The van der Waals surface area contributed by atoms with Gasteiger partial charge >= 0.3 is 0 Å². The number of rotatable bonds is 6. The number of hydrogen-bond donors (Lipinski definition) is 0. The largest absolute Gasteiger partial charge is 0.497 e. The molecule has 134 valence electrons. The monoisotopic (exact) mass is 356 g/mol. The van der Waals surface area contributed by atoms with Crippen LogP contribution in [0.25, 0.3) is 0 Å². The van der Waals surface area contributed by atoms with E-state index in [1.54, 1.807) is 31.4 Å². The Labute approximate surface area is 158 Å². The van der Waals surface area contributed by atoms with Crippen LogP contribution in [0.3, 0.4) is 0 Å². The van der Waals surface area contributed by atoms with Crippen molar-refractivity contribution in [1.82, 2.24) is 0 Å². The summed E-state index contributed by atoms with van der Waals surface area (Å²) in [6.45, 7) is 0. The van der Waals surface area contributed by atoms with Gasteiger partial charge in [-0.2, -0.15) is 0 Å². The molecule has 27 heavy (non-hydrogen) atoms. The van der Waals surface area contributed by atoms with Crippen LogP contribution in [0.15, 0.2) is 84.9 Å². The number of ether oxygens (including phenoxy) is 1. The highest BCUT2D eigenvalue weighted by Crippen LogP contribution is 2.62. The van der Waals surface area contributed by atoms with E-state index in [9.17, 15) is 9.59 Å². The maximum absolute atomic E-state index is 13.4. The highest BCUT2D eigenvalue weighted by Gasteiger charge is 2.65. The summed E-state index contributed by atoms with van der Waals surface area (Å²) in [5, 5.41) is 0. The zero-order valence-electron chi connectivity index (χ0n) is 15.1. The van der Waals surface area contributed by atoms with E-state index in [-0.39, 0.29) is 17.5 Å². The van der Waals surface area contributed by atoms with Gasteiger partial charge in [0.2, 0.25) is 0 Å². The fourth-order valence-corrected chi connectivity index (χ4v) is 3.82. The second kappa shape index (κ2) is 6.84. The van der Waals surface area contributed by atoms with E-state index in [2.05, 4.69) is 0 Å². The molecule has 0 aliphatic heterocycles. The molecule has 0 heterocycles. The highest BCUT2D eigenvalue weighted by atomic mass is 16.5. The highest BCUT2D eigenvalue weighted by molar-refractivity contribution is 6.23. The molecule has 1 fully saturated rings. The fourth-order valence-electron chi connectivity index (χ4n) is 3.82. The third-order valence-corrected chi connectivity index (χ3v) is 5.34. The number of ketones is 2. The smallest absolute Gasteiger partial charge is 0.177 e. The molecule has 4 rings (SSSR count). The van der Waals surface area contributed by atoms with Crippen LogP contribution in [0.1, 0.15) is 38.6 Å². The van der Waals surface area contributed by atoms with E-state index in [0.717, 1.165) is 11.3 Å². The van der Waals surface area contributed by atoms with Gasteiger partial charge in [-0.15, -0.1) is 0 Å². The van der Waals surface area contributed by atoms with Gasteiger partial charge in [-0.05, 0) is 24.1 Å². The predicted molar refractivity (Wildman–Crippen MR) is 104 cm³/mol. The first-order valence-corrected chi connectivity index (χ1v) is 9.00. The van der Waals surface area contributed by atoms with Crippen LogP contribution < -0.4 is 4.74 Å². The van der Waals surface area contributed by atoms with Crippen LogP contribution in [0.2, 0.25) is 0 Å². The average Bonchev–Trinajstić information content (AvgIpc) is 3.51. The van der Waals surface area contributed by atoms with Gasteiger partial charge in [0.15, 0.2) is 11.6 Å². The Morgan fingerprint density at radius 1 is 0.815 bits per heavy atom. The lowest BCUT2D eigenvalue weighted by Gasteiger charge is -2.16. The fraction of sp³-hybridized carbons (Fsp3) is 0.167. The Bertz CT molecular complexity index is 925. The first-order chi connectivity index (χ1) is 13.2. The minimum atomic E-state index is -1.05. The van der Waals surface area contributed by atoms with Crippen molar-refractivity contribution in [3.05, 3.63) is 102 Å². The van der Waals surface area contributed by atoms with E-state index >= 15 is 0 Å². The summed E-state index contributed by atoms with van der Waals surface area (Å²) < 4.78 is 5.32. The van der Waals surface area contributed by atoms with Gasteiger partial charge in [0.05, 0.1) is 7.11 Å². The third-order valence-electron chi connectivity index (χ3n) is 5.34. The molecule has 1 aliphatic carbocycles.